The molecular formula is C22H29NO2. The molecule has 0 aromatic heterocycles. The molecule has 1 rings (SSSR count). The van der Waals surface area contributed by atoms with Crippen LogP contribution in [0.1, 0.15) is 37.5 Å². The molecule has 0 aliphatic rings. The van der Waals surface area contributed by atoms with Gasteiger partial charge in [0.2, 0.25) is 5.91 Å². The topological polar surface area (TPSA) is 38.3 Å². The predicted octanol–water partition coefficient (Wildman–Crippen LogP) is 4.91. The monoisotopic (exact) mass is 339 g/mol. The maximum Gasteiger partial charge on any atom is 0.244 e. The van der Waals surface area contributed by atoms with Crippen molar-refractivity contribution in [1.29, 1.82) is 0 Å². The van der Waals surface area contributed by atoms with Crippen molar-refractivity contribution in [2.24, 2.45) is 0 Å². The van der Waals surface area contributed by atoms with Crippen LogP contribution in [0.2, 0.25) is 0 Å². The number of aryl methyl sites for hydroxylation is 2. The molecule has 0 spiro atoms. The number of carbonyl (C=O) groups excluding carboxylic acids is 1. The van der Waals surface area contributed by atoms with Gasteiger partial charge in [0, 0.05) is 12.6 Å². The molecule has 134 valence electrons. The predicted molar refractivity (Wildman–Crippen MR) is 107 cm³/mol. The van der Waals surface area contributed by atoms with Crippen LogP contribution in [-0.4, -0.2) is 19.6 Å². The molecule has 1 aromatic carbocycles. The summed E-state index contributed by atoms with van der Waals surface area (Å²) in [6.45, 7) is 10.6. The minimum Gasteiger partial charge on any atom is -0.496 e. The van der Waals surface area contributed by atoms with E-state index in [1.807, 2.05) is 39.0 Å². The second-order valence-electron chi connectivity index (χ2n) is 6.06. The van der Waals surface area contributed by atoms with Gasteiger partial charge < -0.3 is 10.1 Å². The number of methoxy groups -OCH3 is 1. The second kappa shape index (κ2) is 10.3. The first-order valence-electron chi connectivity index (χ1n) is 8.51. The Bertz CT molecular complexity index is 722. The first kappa shape index (κ1) is 20.5. The van der Waals surface area contributed by atoms with E-state index in [1.54, 1.807) is 13.2 Å². The SMILES string of the molecule is CCNC(=O)\C=C(C)/C=C\C=C(C)/C=C\c1cc(C)c(OC)cc1C. The fourth-order valence-electron chi connectivity index (χ4n) is 2.32. The lowest BCUT2D eigenvalue weighted by atomic mass is 10.0. The van der Waals surface area contributed by atoms with Crippen LogP contribution in [0.3, 0.4) is 0 Å². The molecule has 1 N–H and O–H groups in total. The van der Waals surface area contributed by atoms with Gasteiger partial charge in [-0.05, 0) is 69.0 Å². The van der Waals surface area contributed by atoms with Gasteiger partial charge in [-0.3, -0.25) is 4.79 Å². The van der Waals surface area contributed by atoms with Crippen LogP contribution in [0.5, 0.6) is 5.75 Å². The van der Waals surface area contributed by atoms with Gasteiger partial charge in [0.15, 0.2) is 0 Å². The maximum atomic E-state index is 11.5. The Morgan fingerprint density at radius 2 is 1.84 bits per heavy atom. The first-order chi connectivity index (χ1) is 11.9. The standard InChI is InChI=1S/C22H29NO2/c1-7-23-22(24)13-17(3)10-8-9-16(2)11-12-20-14-19(5)21(25-6)15-18(20)4/h8-15H,7H2,1-6H3,(H,23,24)/b10-8-,12-11-,16-9-,17-13-. The molecule has 0 atom stereocenters. The minimum absolute atomic E-state index is 0.0596. The van der Waals surface area contributed by atoms with Crippen molar-refractivity contribution in [1.82, 2.24) is 5.32 Å². The molecule has 0 heterocycles. The van der Waals surface area contributed by atoms with Crippen molar-refractivity contribution in [2.45, 2.75) is 34.6 Å². The van der Waals surface area contributed by atoms with Crippen LogP contribution in [-0.2, 0) is 4.79 Å². The number of allylic oxidation sites excluding steroid dienone is 6. The molecule has 0 fully saturated rings. The highest BCUT2D eigenvalue weighted by molar-refractivity contribution is 5.88. The third-order valence-electron chi connectivity index (χ3n) is 3.74. The lowest BCUT2D eigenvalue weighted by molar-refractivity contribution is -0.116. The summed E-state index contributed by atoms with van der Waals surface area (Å²) in [6, 6.07) is 4.19. The summed E-state index contributed by atoms with van der Waals surface area (Å²) >= 11 is 0. The zero-order chi connectivity index (χ0) is 18.8. The van der Waals surface area contributed by atoms with Crippen LogP contribution in [0, 0.1) is 13.8 Å². The van der Waals surface area contributed by atoms with Gasteiger partial charge in [-0.2, -0.15) is 0 Å². The number of rotatable bonds is 7. The fourth-order valence-corrected chi connectivity index (χ4v) is 2.32. The summed E-state index contributed by atoms with van der Waals surface area (Å²) in [5.41, 5.74) is 5.54. The third kappa shape index (κ3) is 7.25. The highest BCUT2D eigenvalue weighted by Gasteiger charge is 2.02. The van der Waals surface area contributed by atoms with Crippen LogP contribution in [0.15, 0.2) is 53.7 Å². The van der Waals surface area contributed by atoms with E-state index in [9.17, 15) is 4.79 Å². The van der Waals surface area contributed by atoms with E-state index in [4.69, 9.17) is 4.74 Å². The largest absolute Gasteiger partial charge is 0.496 e. The zero-order valence-corrected chi connectivity index (χ0v) is 16.1. The van der Waals surface area contributed by atoms with E-state index < -0.39 is 0 Å². The number of hydrogen-bond donors (Lipinski definition) is 1. The van der Waals surface area contributed by atoms with E-state index >= 15 is 0 Å². The molecule has 0 bridgehead atoms. The number of carbonyl (C=O) groups is 1. The smallest absolute Gasteiger partial charge is 0.244 e. The Morgan fingerprint density at radius 1 is 1.12 bits per heavy atom. The molecule has 3 nitrogen and oxygen atoms in total. The highest BCUT2D eigenvalue weighted by atomic mass is 16.5. The number of nitrogens with one attached hydrogen (secondary N) is 1. The van der Waals surface area contributed by atoms with Crippen molar-refractivity contribution in [3.05, 3.63) is 70.3 Å². The summed E-state index contributed by atoms with van der Waals surface area (Å²) in [6.07, 6.45) is 11.7. The summed E-state index contributed by atoms with van der Waals surface area (Å²) < 4.78 is 5.35. The maximum absolute atomic E-state index is 11.5. The molecule has 25 heavy (non-hydrogen) atoms. The van der Waals surface area contributed by atoms with Crippen LogP contribution >= 0.6 is 0 Å². The zero-order valence-electron chi connectivity index (χ0n) is 16.1. The summed E-state index contributed by atoms with van der Waals surface area (Å²) in [7, 11) is 1.69. The minimum atomic E-state index is -0.0596. The highest BCUT2D eigenvalue weighted by Crippen LogP contribution is 2.23. The fraction of sp³-hybridized carbons (Fsp3) is 0.318. The van der Waals surface area contributed by atoms with Gasteiger partial charge in [-0.15, -0.1) is 0 Å². The van der Waals surface area contributed by atoms with Gasteiger partial charge in [-0.1, -0.05) is 36.0 Å². The van der Waals surface area contributed by atoms with Crippen LogP contribution in [0.25, 0.3) is 6.08 Å². The summed E-state index contributed by atoms with van der Waals surface area (Å²) in [5, 5.41) is 2.75. The van der Waals surface area contributed by atoms with Gasteiger partial charge >= 0.3 is 0 Å². The molecule has 1 amide bonds. The molecule has 0 aliphatic heterocycles. The average Bonchev–Trinajstić information content (AvgIpc) is 2.55. The van der Waals surface area contributed by atoms with Crippen LogP contribution in [0.4, 0.5) is 0 Å². The van der Waals surface area contributed by atoms with E-state index in [0.717, 1.165) is 22.5 Å². The van der Waals surface area contributed by atoms with Crippen molar-refractivity contribution in [2.75, 3.05) is 13.7 Å². The molecule has 0 saturated carbocycles. The van der Waals surface area contributed by atoms with Crippen molar-refractivity contribution in [3.8, 4) is 5.75 Å². The molecule has 0 saturated heterocycles. The van der Waals surface area contributed by atoms with Crippen molar-refractivity contribution in [3.63, 3.8) is 0 Å². The van der Waals surface area contributed by atoms with Gasteiger partial charge in [0.25, 0.3) is 0 Å². The summed E-state index contributed by atoms with van der Waals surface area (Å²) in [5.74, 6) is 0.856. The molecule has 0 radical (unpaired) electrons. The average molecular weight is 339 g/mol. The van der Waals surface area contributed by atoms with E-state index in [-0.39, 0.29) is 5.91 Å². The summed E-state index contributed by atoms with van der Waals surface area (Å²) in [4.78, 5) is 11.5. The third-order valence-corrected chi connectivity index (χ3v) is 3.74. The number of amides is 1. The molecule has 3 heteroatoms. The second-order valence-corrected chi connectivity index (χ2v) is 6.06. The Morgan fingerprint density at radius 3 is 2.48 bits per heavy atom. The Hall–Kier alpha value is -2.55. The molecule has 0 aliphatic carbocycles. The Labute approximate surface area is 151 Å². The number of benzene rings is 1. The van der Waals surface area contributed by atoms with Gasteiger partial charge in [0.1, 0.15) is 5.75 Å². The van der Waals surface area contributed by atoms with Gasteiger partial charge in [0.05, 0.1) is 7.11 Å². The van der Waals surface area contributed by atoms with Gasteiger partial charge in [-0.25, -0.2) is 0 Å². The van der Waals surface area contributed by atoms with Crippen LogP contribution < -0.4 is 10.1 Å². The lowest BCUT2D eigenvalue weighted by Gasteiger charge is -2.08. The number of ether oxygens (including phenoxy) is 1. The lowest BCUT2D eigenvalue weighted by Crippen LogP contribution is -2.20. The van der Waals surface area contributed by atoms with E-state index in [2.05, 4.69) is 43.4 Å². The van der Waals surface area contributed by atoms with E-state index in [0.29, 0.717) is 6.54 Å². The molecule has 0 unspecified atom stereocenters. The van der Waals surface area contributed by atoms with Crippen molar-refractivity contribution >= 4 is 12.0 Å². The Kier molecular flexibility index (Phi) is 8.48. The number of likely N-dealkylation sites (N-methyl/N-ethyl adjacent to an activating group) is 1. The quantitative estimate of drug-likeness (QED) is 0.566. The Balaban J connectivity index is 2.78. The van der Waals surface area contributed by atoms with Crippen molar-refractivity contribution < 1.29 is 9.53 Å². The van der Waals surface area contributed by atoms with E-state index in [1.165, 1.54) is 11.1 Å². The molecule has 1 aromatic rings. The molecular weight excluding hydrogens is 310 g/mol. The number of hydrogen-bond acceptors (Lipinski definition) is 2. The first-order valence-corrected chi connectivity index (χ1v) is 8.51. The normalized spacial score (nSPS) is 12.9.